The summed E-state index contributed by atoms with van der Waals surface area (Å²) in [5.41, 5.74) is 0. The Morgan fingerprint density at radius 1 is 1.11 bits per heavy atom. The number of nitrogens with one attached hydrogen (secondary N) is 1. The Kier molecular flexibility index (Phi) is 5.38. The van der Waals surface area contributed by atoms with Crippen molar-refractivity contribution in [3.8, 4) is 0 Å². The summed E-state index contributed by atoms with van der Waals surface area (Å²) in [7, 11) is 1.26. The van der Waals surface area contributed by atoms with Crippen molar-refractivity contribution in [3.05, 3.63) is 0 Å². The molecule has 0 bridgehead atoms. The van der Waals surface area contributed by atoms with Crippen molar-refractivity contribution in [3.63, 3.8) is 0 Å². The van der Waals surface area contributed by atoms with Crippen molar-refractivity contribution in [2.45, 2.75) is 24.4 Å². The lowest BCUT2D eigenvalue weighted by Crippen LogP contribution is -2.59. The Labute approximate surface area is 97.3 Å². The molecule has 1 amide bonds. The lowest BCUT2D eigenvalue weighted by molar-refractivity contribution is -0.344. The highest BCUT2D eigenvalue weighted by Gasteiger charge is 2.76. The monoisotopic (exact) mass is 285 g/mol. The summed E-state index contributed by atoms with van der Waals surface area (Å²) in [6, 6.07) is 0. The molecule has 0 spiro atoms. The second kappa shape index (κ2) is 5.72. The van der Waals surface area contributed by atoms with Gasteiger partial charge in [0.1, 0.15) is 0 Å². The first-order valence-corrected chi connectivity index (χ1v) is 4.58. The molecule has 0 rings (SSSR count). The molecule has 0 heterocycles. The van der Waals surface area contributed by atoms with Gasteiger partial charge in [0.25, 0.3) is 5.91 Å². The SMILES string of the molecule is COCCCNC(=O)C(F)(F)C(F)(F)C(F)(F)F. The third-order valence-corrected chi connectivity index (χ3v) is 1.85. The molecule has 18 heavy (non-hydrogen) atoms. The summed E-state index contributed by atoms with van der Waals surface area (Å²) in [6.07, 6.45) is -6.52. The average molecular weight is 285 g/mol. The second-order valence-electron chi connectivity index (χ2n) is 3.25. The largest absolute Gasteiger partial charge is 0.460 e. The molecule has 0 aliphatic carbocycles. The lowest BCUT2D eigenvalue weighted by Gasteiger charge is -2.27. The van der Waals surface area contributed by atoms with E-state index in [4.69, 9.17) is 0 Å². The molecule has 10 heteroatoms. The van der Waals surface area contributed by atoms with E-state index in [0.717, 1.165) is 0 Å². The molecular formula is C8H10F7NO2. The molecule has 0 unspecified atom stereocenters. The summed E-state index contributed by atoms with van der Waals surface area (Å²) in [5.74, 6) is -15.0. The zero-order valence-corrected chi connectivity index (χ0v) is 9.08. The van der Waals surface area contributed by atoms with Crippen molar-refractivity contribution in [1.29, 1.82) is 0 Å². The van der Waals surface area contributed by atoms with E-state index in [1.54, 1.807) is 0 Å². The molecule has 3 nitrogen and oxygen atoms in total. The Morgan fingerprint density at radius 3 is 2.00 bits per heavy atom. The highest BCUT2D eigenvalue weighted by atomic mass is 19.4. The van der Waals surface area contributed by atoms with Gasteiger partial charge in [-0.05, 0) is 6.42 Å². The van der Waals surface area contributed by atoms with Gasteiger partial charge in [0.15, 0.2) is 0 Å². The predicted octanol–water partition coefficient (Wildman–Crippen LogP) is 1.97. The highest BCUT2D eigenvalue weighted by molar-refractivity contribution is 5.84. The Bertz CT molecular complexity index is 290. The van der Waals surface area contributed by atoms with Crippen LogP contribution in [0.1, 0.15) is 6.42 Å². The number of alkyl halides is 7. The number of carbonyl (C=O) groups excluding carboxylic acids is 1. The summed E-state index contributed by atoms with van der Waals surface area (Å²) >= 11 is 0. The van der Waals surface area contributed by atoms with Gasteiger partial charge >= 0.3 is 18.0 Å². The van der Waals surface area contributed by atoms with Crippen LogP contribution in [-0.2, 0) is 9.53 Å². The van der Waals surface area contributed by atoms with Gasteiger partial charge in [-0.1, -0.05) is 0 Å². The van der Waals surface area contributed by atoms with E-state index in [1.807, 2.05) is 0 Å². The number of hydrogen-bond donors (Lipinski definition) is 1. The molecule has 0 fully saturated rings. The van der Waals surface area contributed by atoms with Crippen LogP contribution in [0.15, 0.2) is 0 Å². The van der Waals surface area contributed by atoms with Gasteiger partial charge in [-0.3, -0.25) is 4.79 Å². The van der Waals surface area contributed by atoms with Crippen LogP contribution in [-0.4, -0.2) is 44.2 Å². The van der Waals surface area contributed by atoms with Crippen molar-refractivity contribution in [2.75, 3.05) is 20.3 Å². The molecule has 0 aromatic heterocycles. The van der Waals surface area contributed by atoms with E-state index >= 15 is 0 Å². The van der Waals surface area contributed by atoms with Crippen molar-refractivity contribution >= 4 is 5.91 Å². The molecule has 0 aromatic carbocycles. The van der Waals surface area contributed by atoms with Crippen molar-refractivity contribution < 1.29 is 40.3 Å². The maximum absolute atomic E-state index is 12.7. The van der Waals surface area contributed by atoms with Gasteiger partial charge in [-0.25, -0.2) is 0 Å². The third kappa shape index (κ3) is 3.47. The van der Waals surface area contributed by atoms with Crippen LogP contribution in [0.5, 0.6) is 0 Å². The number of methoxy groups -OCH3 is 1. The van der Waals surface area contributed by atoms with E-state index < -0.39 is 30.5 Å². The van der Waals surface area contributed by atoms with Crippen LogP contribution < -0.4 is 5.32 Å². The Balaban J connectivity index is 4.67. The maximum atomic E-state index is 12.7. The standard InChI is InChI=1S/C8H10F7NO2/c1-18-4-2-3-16-5(17)6(9,10)7(11,12)8(13,14)15/h2-4H2,1H3,(H,16,17). The van der Waals surface area contributed by atoms with Gasteiger partial charge in [0, 0.05) is 20.3 Å². The molecule has 0 aromatic rings. The first-order chi connectivity index (χ1) is 7.98. The van der Waals surface area contributed by atoms with Crippen LogP contribution in [0.25, 0.3) is 0 Å². The zero-order valence-electron chi connectivity index (χ0n) is 9.08. The molecule has 0 saturated heterocycles. The van der Waals surface area contributed by atoms with Crippen molar-refractivity contribution in [2.24, 2.45) is 0 Å². The topological polar surface area (TPSA) is 38.3 Å². The number of halogens is 7. The molecule has 108 valence electrons. The quantitative estimate of drug-likeness (QED) is 0.598. The van der Waals surface area contributed by atoms with E-state index in [0.29, 0.717) is 0 Å². The van der Waals surface area contributed by atoms with E-state index in [2.05, 4.69) is 4.74 Å². The second-order valence-corrected chi connectivity index (χ2v) is 3.25. The number of ether oxygens (including phenoxy) is 1. The first-order valence-electron chi connectivity index (χ1n) is 4.58. The fourth-order valence-corrected chi connectivity index (χ4v) is 0.850. The van der Waals surface area contributed by atoms with Crippen LogP contribution in [0, 0.1) is 0 Å². The van der Waals surface area contributed by atoms with Gasteiger partial charge in [0.2, 0.25) is 0 Å². The Morgan fingerprint density at radius 2 is 1.61 bits per heavy atom. The van der Waals surface area contributed by atoms with E-state index in [-0.39, 0.29) is 13.0 Å². The normalized spacial score (nSPS) is 13.6. The first kappa shape index (κ1) is 16.9. The molecule has 0 aliphatic rings. The van der Waals surface area contributed by atoms with Crippen LogP contribution >= 0.6 is 0 Å². The highest BCUT2D eigenvalue weighted by Crippen LogP contribution is 2.46. The minimum atomic E-state index is -6.51. The van der Waals surface area contributed by atoms with Gasteiger partial charge in [-0.15, -0.1) is 0 Å². The number of amides is 1. The van der Waals surface area contributed by atoms with Crippen molar-refractivity contribution in [1.82, 2.24) is 5.32 Å². The summed E-state index contributed by atoms with van der Waals surface area (Å²) < 4.78 is 89.7. The molecule has 0 radical (unpaired) electrons. The molecule has 0 saturated carbocycles. The fourth-order valence-electron chi connectivity index (χ4n) is 0.850. The average Bonchev–Trinajstić information content (AvgIpc) is 2.22. The molecular weight excluding hydrogens is 275 g/mol. The van der Waals surface area contributed by atoms with Gasteiger partial charge in [-0.2, -0.15) is 30.7 Å². The molecule has 1 N–H and O–H groups in total. The minimum Gasteiger partial charge on any atom is -0.385 e. The minimum absolute atomic E-state index is 0.00406. The zero-order chi connectivity index (χ0) is 14.6. The van der Waals surface area contributed by atoms with Crippen LogP contribution in [0.4, 0.5) is 30.7 Å². The van der Waals surface area contributed by atoms with E-state index in [9.17, 15) is 35.5 Å². The smallest absolute Gasteiger partial charge is 0.385 e. The van der Waals surface area contributed by atoms with Gasteiger partial charge < -0.3 is 10.1 Å². The number of hydrogen-bond acceptors (Lipinski definition) is 2. The number of carbonyl (C=O) groups is 1. The fraction of sp³-hybridized carbons (Fsp3) is 0.875. The maximum Gasteiger partial charge on any atom is 0.460 e. The summed E-state index contributed by atoms with van der Waals surface area (Å²) in [6.45, 7) is -0.474. The summed E-state index contributed by atoms with van der Waals surface area (Å²) in [4.78, 5) is 10.6. The van der Waals surface area contributed by atoms with Gasteiger partial charge in [0.05, 0.1) is 0 Å². The lowest BCUT2D eigenvalue weighted by atomic mass is 10.1. The molecule has 0 atom stereocenters. The predicted molar refractivity (Wildman–Crippen MR) is 45.5 cm³/mol. The number of rotatable bonds is 6. The van der Waals surface area contributed by atoms with Crippen LogP contribution in [0.2, 0.25) is 0 Å². The summed E-state index contributed by atoms with van der Waals surface area (Å²) in [5, 5.41) is 1.29. The van der Waals surface area contributed by atoms with E-state index in [1.165, 1.54) is 12.4 Å². The molecule has 0 aliphatic heterocycles. The van der Waals surface area contributed by atoms with Crippen LogP contribution in [0.3, 0.4) is 0 Å². The third-order valence-electron chi connectivity index (χ3n) is 1.85. The Hall–Kier alpha value is -1.06.